The van der Waals surface area contributed by atoms with Gasteiger partial charge in [-0.1, -0.05) is 24.3 Å². The molecular formula is C14H16N2O3. The van der Waals surface area contributed by atoms with Crippen LogP contribution in [0.2, 0.25) is 0 Å². The highest BCUT2D eigenvalue weighted by molar-refractivity contribution is 5.70. The molecule has 0 radical (unpaired) electrons. The molecule has 2 aromatic rings. The summed E-state index contributed by atoms with van der Waals surface area (Å²) in [6, 6.07) is 7.51. The van der Waals surface area contributed by atoms with E-state index in [0.29, 0.717) is 19.0 Å². The van der Waals surface area contributed by atoms with Crippen LogP contribution in [0.5, 0.6) is 0 Å². The van der Waals surface area contributed by atoms with Crippen LogP contribution in [0.1, 0.15) is 22.8 Å². The monoisotopic (exact) mass is 260 g/mol. The molecule has 0 aliphatic heterocycles. The number of benzene rings is 1. The predicted octanol–water partition coefficient (Wildman–Crippen LogP) is 1.90. The van der Waals surface area contributed by atoms with Crippen molar-refractivity contribution in [3.63, 3.8) is 0 Å². The number of aliphatic carboxylic acids is 1. The molecule has 0 saturated carbocycles. The maximum absolute atomic E-state index is 10.6. The first-order valence-electron chi connectivity index (χ1n) is 6.05. The largest absolute Gasteiger partial charge is 0.481 e. The van der Waals surface area contributed by atoms with Crippen molar-refractivity contribution in [2.45, 2.75) is 26.4 Å². The number of aromatic nitrogens is 1. The van der Waals surface area contributed by atoms with Crippen LogP contribution < -0.4 is 5.32 Å². The summed E-state index contributed by atoms with van der Waals surface area (Å²) in [5.74, 6) is 0.653. The van der Waals surface area contributed by atoms with Gasteiger partial charge in [0, 0.05) is 6.54 Å². The second-order valence-electron chi connectivity index (χ2n) is 4.36. The summed E-state index contributed by atoms with van der Waals surface area (Å²) in [5, 5.41) is 11.9. The fourth-order valence-electron chi connectivity index (χ4n) is 1.75. The highest BCUT2D eigenvalue weighted by atomic mass is 16.4. The molecule has 1 heterocycles. The lowest BCUT2D eigenvalue weighted by Gasteiger charge is -2.04. The summed E-state index contributed by atoms with van der Waals surface area (Å²) in [6.07, 6.45) is 1.75. The van der Waals surface area contributed by atoms with Crippen LogP contribution in [0.4, 0.5) is 0 Å². The van der Waals surface area contributed by atoms with E-state index in [9.17, 15) is 4.79 Å². The van der Waals surface area contributed by atoms with Crippen molar-refractivity contribution in [2.75, 3.05) is 0 Å². The molecule has 5 nitrogen and oxygen atoms in total. The number of nitrogens with one attached hydrogen (secondary N) is 1. The highest BCUT2D eigenvalue weighted by Crippen LogP contribution is 2.06. The average molecular weight is 260 g/mol. The van der Waals surface area contributed by atoms with Gasteiger partial charge in [-0.2, -0.15) is 0 Å². The number of oxazole rings is 1. The van der Waals surface area contributed by atoms with Crippen LogP contribution >= 0.6 is 0 Å². The van der Waals surface area contributed by atoms with Gasteiger partial charge in [-0.05, 0) is 18.1 Å². The van der Waals surface area contributed by atoms with Crippen molar-refractivity contribution in [3.05, 3.63) is 53.2 Å². The van der Waals surface area contributed by atoms with Gasteiger partial charge < -0.3 is 14.8 Å². The van der Waals surface area contributed by atoms with Gasteiger partial charge in [0.2, 0.25) is 5.89 Å². The standard InChI is InChI=1S/C14H16N2O3/c1-10-7-16-13(19-10)9-15-8-12-4-2-11(3-5-12)6-14(17)18/h2-5,7,15H,6,8-9H2,1H3,(H,17,18). The Hall–Kier alpha value is -2.14. The molecule has 0 amide bonds. The molecule has 1 aromatic heterocycles. The molecule has 0 spiro atoms. The molecular weight excluding hydrogens is 244 g/mol. The molecule has 2 rings (SSSR count). The first-order valence-corrected chi connectivity index (χ1v) is 6.05. The van der Waals surface area contributed by atoms with Gasteiger partial charge in [-0.3, -0.25) is 4.79 Å². The quantitative estimate of drug-likeness (QED) is 0.829. The molecule has 19 heavy (non-hydrogen) atoms. The smallest absolute Gasteiger partial charge is 0.307 e. The van der Waals surface area contributed by atoms with Gasteiger partial charge in [0.25, 0.3) is 0 Å². The van der Waals surface area contributed by atoms with E-state index < -0.39 is 5.97 Å². The zero-order valence-corrected chi connectivity index (χ0v) is 10.7. The molecule has 5 heteroatoms. The van der Waals surface area contributed by atoms with Crippen LogP contribution in [-0.2, 0) is 24.3 Å². The Bertz CT molecular complexity index is 546. The number of carbonyl (C=O) groups is 1. The van der Waals surface area contributed by atoms with Crippen LogP contribution in [0.25, 0.3) is 0 Å². The Morgan fingerprint density at radius 1 is 1.26 bits per heavy atom. The molecule has 100 valence electrons. The van der Waals surface area contributed by atoms with Crippen molar-refractivity contribution in [1.82, 2.24) is 10.3 Å². The number of hydrogen-bond donors (Lipinski definition) is 2. The number of nitrogens with zero attached hydrogens (tertiary/aromatic N) is 1. The van der Waals surface area contributed by atoms with Crippen LogP contribution in [0, 0.1) is 6.92 Å². The predicted molar refractivity (Wildman–Crippen MR) is 69.6 cm³/mol. The van der Waals surface area contributed by atoms with Crippen molar-refractivity contribution in [3.8, 4) is 0 Å². The first kappa shape index (κ1) is 13.3. The van der Waals surface area contributed by atoms with Crippen molar-refractivity contribution >= 4 is 5.97 Å². The lowest BCUT2D eigenvalue weighted by atomic mass is 10.1. The van der Waals surface area contributed by atoms with Crippen molar-refractivity contribution < 1.29 is 14.3 Å². The fraction of sp³-hybridized carbons (Fsp3) is 0.286. The molecule has 0 unspecified atom stereocenters. The minimum atomic E-state index is -0.815. The molecule has 2 N–H and O–H groups in total. The summed E-state index contributed by atoms with van der Waals surface area (Å²) in [7, 11) is 0. The summed E-state index contributed by atoms with van der Waals surface area (Å²) in [6.45, 7) is 3.12. The van der Waals surface area contributed by atoms with Crippen molar-refractivity contribution in [1.29, 1.82) is 0 Å². The van der Waals surface area contributed by atoms with E-state index in [-0.39, 0.29) is 6.42 Å². The molecule has 1 aromatic carbocycles. The first-order chi connectivity index (χ1) is 9.13. The third-order valence-corrected chi connectivity index (χ3v) is 2.65. The van der Waals surface area contributed by atoms with Crippen LogP contribution in [0.15, 0.2) is 34.9 Å². The highest BCUT2D eigenvalue weighted by Gasteiger charge is 2.02. The van der Waals surface area contributed by atoms with E-state index in [0.717, 1.165) is 16.9 Å². The zero-order chi connectivity index (χ0) is 13.7. The second-order valence-corrected chi connectivity index (χ2v) is 4.36. The minimum Gasteiger partial charge on any atom is -0.481 e. The maximum Gasteiger partial charge on any atom is 0.307 e. The third-order valence-electron chi connectivity index (χ3n) is 2.65. The van der Waals surface area contributed by atoms with Gasteiger partial charge in [0.1, 0.15) is 5.76 Å². The van der Waals surface area contributed by atoms with E-state index in [1.165, 1.54) is 0 Å². The average Bonchev–Trinajstić information content (AvgIpc) is 2.77. The molecule has 0 aliphatic rings. The number of carboxylic acids is 1. The summed E-state index contributed by atoms with van der Waals surface area (Å²) in [5.41, 5.74) is 1.90. The van der Waals surface area contributed by atoms with E-state index in [2.05, 4.69) is 10.3 Å². The fourth-order valence-corrected chi connectivity index (χ4v) is 1.75. The van der Waals surface area contributed by atoms with E-state index in [4.69, 9.17) is 9.52 Å². The third kappa shape index (κ3) is 4.22. The minimum absolute atomic E-state index is 0.0588. The molecule has 0 aliphatic carbocycles. The maximum atomic E-state index is 10.6. The Morgan fingerprint density at radius 2 is 1.95 bits per heavy atom. The topological polar surface area (TPSA) is 75.4 Å². The van der Waals surface area contributed by atoms with Gasteiger partial charge >= 0.3 is 5.97 Å². The lowest BCUT2D eigenvalue weighted by Crippen LogP contribution is -2.12. The van der Waals surface area contributed by atoms with Gasteiger partial charge in [-0.25, -0.2) is 4.98 Å². The van der Waals surface area contributed by atoms with Gasteiger partial charge in [-0.15, -0.1) is 0 Å². The van der Waals surface area contributed by atoms with Crippen molar-refractivity contribution in [2.24, 2.45) is 0 Å². The Balaban J connectivity index is 1.81. The number of rotatable bonds is 6. The number of aryl methyl sites for hydroxylation is 1. The summed E-state index contributed by atoms with van der Waals surface area (Å²) < 4.78 is 5.35. The molecule has 0 bridgehead atoms. The Labute approximate surface area is 111 Å². The molecule has 0 fully saturated rings. The molecule has 0 saturated heterocycles. The molecule has 0 atom stereocenters. The van der Waals surface area contributed by atoms with E-state index in [1.54, 1.807) is 6.20 Å². The summed E-state index contributed by atoms with van der Waals surface area (Å²) in [4.78, 5) is 14.7. The lowest BCUT2D eigenvalue weighted by molar-refractivity contribution is -0.136. The van der Waals surface area contributed by atoms with Crippen LogP contribution in [0.3, 0.4) is 0 Å². The second kappa shape index (κ2) is 6.15. The Kier molecular flexibility index (Phi) is 4.30. The van der Waals surface area contributed by atoms with E-state index >= 15 is 0 Å². The number of hydrogen-bond acceptors (Lipinski definition) is 4. The van der Waals surface area contributed by atoms with Gasteiger partial charge in [0.05, 0.1) is 19.2 Å². The normalized spacial score (nSPS) is 10.6. The van der Waals surface area contributed by atoms with E-state index in [1.807, 2.05) is 31.2 Å². The number of carboxylic acid groups (broad SMARTS) is 1. The Morgan fingerprint density at radius 3 is 2.53 bits per heavy atom. The van der Waals surface area contributed by atoms with Crippen LogP contribution in [-0.4, -0.2) is 16.1 Å². The summed E-state index contributed by atoms with van der Waals surface area (Å²) >= 11 is 0. The van der Waals surface area contributed by atoms with Gasteiger partial charge in [0.15, 0.2) is 0 Å². The zero-order valence-electron chi connectivity index (χ0n) is 10.7. The SMILES string of the molecule is Cc1cnc(CNCc2ccc(CC(=O)O)cc2)o1.